The van der Waals surface area contributed by atoms with Crippen molar-refractivity contribution >= 4 is 9.04 Å². The Balaban J connectivity index is 2.20. The lowest BCUT2D eigenvalue weighted by atomic mass is 9.84. The molecule has 30 heavy (non-hydrogen) atoms. The zero-order valence-corrected chi connectivity index (χ0v) is 22.1. The summed E-state index contributed by atoms with van der Waals surface area (Å²) in [5, 5.41) is 0. The van der Waals surface area contributed by atoms with Gasteiger partial charge in [0.15, 0.2) is 9.04 Å². The van der Waals surface area contributed by atoms with E-state index >= 15 is 0 Å². The molecule has 174 valence electrons. The van der Waals surface area contributed by atoms with Gasteiger partial charge < -0.3 is 9.16 Å². The van der Waals surface area contributed by atoms with Crippen LogP contribution in [-0.2, 0) is 15.8 Å². The summed E-state index contributed by atoms with van der Waals surface area (Å²) in [5.41, 5.74) is 2.66. The molecule has 0 saturated carbocycles. The lowest BCUT2D eigenvalue weighted by molar-refractivity contribution is 0.0858. The molecule has 0 spiro atoms. The lowest BCUT2D eigenvalue weighted by Crippen LogP contribution is -2.26. The monoisotopic (exact) mass is 434 g/mol. The Morgan fingerprint density at radius 3 is 1.93 bits per heavy atom. The van der Waals surface area contributed by atoms with Crippen molar-refractivity contribution in [1.82, 2.24) is 0 Å². The third-order valence-electron chi connectivity index (χ3n) is 5.61. The van der Waals surface area contributed by atoms with Gasteiger partial charge in [-0.2, -0.15) is 0 Å². The minimum atomic E-state index is -1.10. The molecule has 0 aliphatic carbocycles. The molecular weight excluding hydrogens is 384 g/mol. The topological polar surface area (TPSA) is 18.5 Å². The third-order valence-corrected chi connectivity index (χ3v) is 6.43. The summed E-state index contributed by atoms with van der Waals surface area (Å²) in [6.45, 7) is 15.2. The highest BCUT2D eigenvalue weighted by Crippen LogP contribution is 2.36. The summed E-state index contributed by atoms with van der Waals surface area (Å²) in [7, 11) is -1.10. The first-order chi connectivity index (χ1) is 14.3. The van der Waals surface area contributed by atoms with E-state index in [-0.39, 0.29) is 11.5 Å². The number of rotatable bonds is 17. The summed E-state index contributed by atoms with van der Waals surface area (Å²) >= 11 is 0. The molecule has 1 aromatic rings. The van der Waals surface area contributed by atoms with Gasteiger partial charge in [-0.25, -0.2) is 0 Å². The molecule has 0 radical (unpaired) electrons. The molecular formula is C27H50O2Si. The molecule has 1 rings (SSSR count). The Hall–Kier alpha value is -0.643. The van der Waals surface area contributed by atoms with Gasteiger partial charge in [-0.15, -0.1) is 0 Å². The van der Waals surface area contributed by atoms with Crippen molar-refractivity contribution in [2.45, 2.75) is 124 Å². The number of hydrogen-bond acceptors (Lipinski definition) is 2. The number of ether oxygens (including phenoxy) is 1. The van der Waals surface area contributed by atoms with Crippen LogP contribution in [0.1, 0.15) is 116 Å². The maximum atomic E-state index is 6.38. The van der Waals surface area contributed by atoms with Crippen molar-refractivity contribution in [3.63, 3.8) is 0 Å². The molecule has 1 unspecified atom stereocenters. The van der Waals surface area contributed by atoms with Gasteiger partial charge in [-0.1, -0.05) is 116 Å². The molecule has 3 heteroatoms. The molecule has 0 bridgehead atoms. The van der Waals surface area contributed by atoms with Gasteiger partial charge in [0.25, 0.3) is 0 Å². The first-order valence-electron chi connectivity index (χ1n) is 12.7. The minimum absolute atomic E-state index is 0.103. The second kappa shape index (κ2) is 16.1. The van der Waals surface area contributed by atoms with Crippen molar-refractivity contribution in [1.29, 1.82) is 0 Å². The third kappa shape index (κ3) is 12.9. The van der Waals surface area contributed by atoms with Crippen LogP contribution in [0.2, 0.25) is 13.1 Å². The average Bonchev–Trinajstić information content (AvgIpc) is 2.69. The van der Waals surface area contributed by atoms with Crippen molar-refractivity contribution in [3.05, 3.63) is 35.4 Å². The fraction of sp³-hybridized carbons (Fsp3) is 0.778. The predicted molar refractivity (Wildman–Crippen MR) is 135 cm³/mol. The van der Waals surface area contributed by atoms with Gasteiger partial charge in [0, 0.05) is 6.61 Å². The molecule has 1 aromatic carbocycles. The standard InChI is InChI=1S/C27H50O2Si/c1-7-8-9-10-11-12-13-14-15-16-17-21-28-23-24-19-18-20-25(22-24)26(27(2,3)4)29-30(5)6/h18-20,22,26,30H,7-17,21,23H2,1-6H3. The summed E-state index contributed by atoms with van der Waals surface area (Å²) < 4.78 is 12.3. The highest BCUT2D eigenvalue weighted by atomic mass is 28.3. The highest BCUT2D eigenvalue weighted by Gasteiger charge is 2.28. The Morgan fingerprint density at radius 1 is 0.833 bits per heavy atom. The second-order valence-electron chi connectivity index (χ2n) is 10.3. The Labute approximate surface area is 189 Å². The molecule has 0 aromatic heterocycles. The first kappa shape index (κ1) is 27.4. The molecule has 2 nitrogen and oxygen atoms in total. The largest absolute Gasteiger partial charge is 0.413 e. The summed E-state index contributed by atoms with van der Waals surface area (Å²) in [4.78, 5) is 0. The van der Waals surface area contributed by atoms with Crippen LogP contribution in [0.15, 0.2) is 24.3 Å². The zero-order valence-electron chi connectivity index (χ0n) is 21.0. The quantitative estimate of drug-likeness (QED) is 0.180. The van der Waals surface area contributed by atoms with E-state index in [9.17, 15) is 0 Å². The maximum Gasteiger partial charge on any atom is 0.171 e. The zero-order chi connectivity index (χ0) is 22.2. The second-order valence-corrected chi connectivity index (χ2v) is 12.6. The van der Waals surface area contributed by atoms with Gasteiger partial charge in [-0.05, 0) is 36.1 Å². The van der Waals surface area contributed by atoms with E-state index in [1.807, 2.05) is 0 Å². The fourth-order valence-electron chi connectivity index (χ4n) is 3.96. The van der Waals surface area contributed by atoms with Gasteiger partial charge in [0.05, 0.1) is 12.7 Å². The van der Waals surface area contributed by atoms with Crippen molar-refractivity contribution in [2.24, 2.45) is 5.41 Å². The molecule has 0 aliphatic heterocycles. The van der Waals surface area contributed by atoms with Gasteiger partial charge >= 0.3 is 0 Å². The smallest absolute Gasteiger partial charge is 0.171 e. The number of benzene rings is 1. The molecule has 1 atom stereocenters. The van der Waals surface area contributed by atoms with Crippen molar-refractivity contribution in [2.75, 3.05) is 6.61 Å². The van der Waals surface area contributed by atoms with E-state index in [2.05, 4.69) is 65.1 Å². The van der Waals surface area contributed by atoms with E-state index in [0.717, 1.165) is 6.61 Å². The van der Waals surface area contributed by atoms with Crippen LogP contribution in [0, 0.1) is 5.41 Å². The van der Waals surface area contributed by atoms with Crippen LogP contribution in [0.5, 0.6) is 0 Å². The maximum absolute atomic E-state index is 6.38. The minimum Gasteiger partial charge on any atom is -0.413 e. The lowest BCUT2D eigenvalue weighted by Gasteiger charge is -2.33. The van der Waals surface area contributed by atoms with E-state index in [0.29, 0.717) is 6.61 Å². The molecule has 0 heterocycles. The van der Waals surface area contributed by atoms with Gasteiger partial charge in [0.2, 0.25) is 0 Å². The van der Waals surface area contributed by atoms with Crippen LogP contribution in [-0.4, -0.2) is 15.6 Å². The van der Waals surface area contributed by atoms with E-state index in [1.54, 1.807) is 0 Å². The number of unbranched alkanes of at least 4 members (excludes halogenated alkanes) is 10. The molecule has 0 amide bonds. The SMILES string of the molecule is CCCCCCCCCCCCCOCc1cccc(C(O[SiH](C)C)C(C)(C)C)c1. The fourth-order valence-corrected chi connectivity index (χ4v) is 5.07. The average molecular weight is 435 g/mol. The summed E-state index contributed by atoms with van der Waals surface area (Å²) in [6, 6.07) is 8.82. The predicted octanol–water partition coefficient (Wildman–Crippen LogP) is 8.60. The normalized spacial score (nSPS) is 13.2. The van der Waals surface area contributed by atoms with E-state index in [1.165, 1.54) is 81.8 Å². The highest BCUT2D eigenvalue weighted by molar-refractivity contribution is 6.48. The van der Waals surface area contributed by atoms with Crippen molar-refractivity contribution in [3.8, 4) is 0 Å². The Bertz CT molecular complexity index is 536. The Morgan fingerprint density at radius 2 is 1.40 bits per heavy atom. The van der Waals surface area contributed by atoms with Gasteiger partial charge in [0.1, 0.15) is 0 Å². The molecule has 0 fully saturated rings. The van der Waals surface area contributed by atoms with Crippen LogP contribution in [0.25, 0.3) is 0 Å². The van der Waals surface area contributed by atoms with E-state index < -0.39 is 9.04 Å². The molecule has 0 N–H and O–H groups in total. The summed E-state index contributed by atoms with van der Waals surface area (Å²) in [5.74, 6) is 0. The Kier molecular flexibility index (Phi) is 14.7. The number of hydrogen-bond donors (Lipinski definition) is 0. The van der Waals surface area contributed by atoms with Crippen LogP contribution in [0.3, 0.4) is 0 Å². The van der Waals surface area contributed by atoms with E-state index in [4.69, 9.17) is 9.16 Å². The summed E-state index contributed by atoms with van der Waals surface area (Å²) in [6.07, 6.45) is 15.3. The van der Waals surface area contributed by atoms with Crippen LogP contribution >= 0.6 is 0 Å². The van der Waals surface area contributed by atoms with Crippen LogP contribution < -0.4 is 0 Å². The van der Waals surface area contributed by atoms with Gasteiger partial charge in [-0.3, -0.25) is 0 Å². The van der Waals surface area contributed by atoms with Crippen LogP contribution in [0.4, 0.5) is 0 Å². The molecule has 0 aliphatic rings. The first-order valence-corrected chi connectivity index (χ1v) is 15.4. The van der Waals surface area contributed by atoms with Crippen molar-refractivity contribution < 1.29 is 9.16 Å². The molecule has 0 saturated heterocycles.